The van der Waals surface area contributed by atoms with Crippen LogP contribution in [0.15, 0.2) is 24.7 Å². The van der Waals surface area contributed by atoms with Crippen molar-refractivity contribution in [3.8, 4) is 0 Å². The molecule has 0 saturated heterocycles. The number of carbonyl (C=O) groups excluding carboxylic acids is 2. The molecular formula is C18H30O4. The van der Waals surface area contributed by atoms with E-state index in [2.05, 4.69) is 0 Å². The number of allylic oxidation sites excluding steroid dienone is 2. The predicted molar refractivity (Wildman–Crippen MR) is 88.0 cm³/mol. The van der Waals surface area contributed by atoms with E-state index in [4.69, 9.17) is 9.47 Å². The lowest BCUT2D eigenvalue weighted by Gasteiger charge is -2.02. The van der Waals surface area contributed by atoms with Crippen molar-refractivity contribution in [1.29, 1.82) is 0 Å². The second-order valence-corrected chi connectivity index (χ2v) is 5.16. The lowest BCUT2D eigenvalue weighted by molar-refractivity contribution is -0.139. The second-order valence-electron chi connectivity index (χ2n) is 5.16. The zero-order valence-corrected chi connectivity index (χ0v) is 14.0. The summed E-state index contributed by atoms with van der Waals surface area (Å²) < 4.78 is 9.84. The molecule has 0 fully saturated rings. The van der Waals surface area contributed by atoms with Crippen molar-refractivity contribution in [3.05, 3.63) is 24.7 Å². The van der Waals surface area contributed by atoms with Gasteiger partial charge in [0.2, 0.25) is 0 Å². The van der Waals surface area contributed by atoms with Crippen molar-refractivity contribution < 1.29 is 19.1 Å². The summed E-state index contributed by atoms with van der Waals surface area (Å²) in [5, 5.41) is 0. The van der Waals surface area contributed by atoms with Gasteiger partial charge in [-0.05, 0) is 37.8 Å². The number of rotatable bonds is 13. The molecule has 0 rings (SSSR count). The van der Waals surface area contributed by atoms with Crippen LogP contribution >= 0.6 is 0 Å². The number of hydrogen-bond acceptors (Lipinski definition) is 4. The molecule has 0 aliphatic carbocycles. The Morgan fingerprint density at radius 2 is 1.05 bits per heavy atom. The average Bonchev–Trinajstić information content (AvgIpc) is 2.50. The third-order valence-electron chi connectivity index (χ3n) is 3.07. The summed E-state index contributed by atoms with van der Waals surface area (Å²) in [6.45, 7) is 3.98. The highest BCUT2D eigenvalue weighted by molar-refractivity contribution is 5.70. The molecule has 0 aliphatic rings. The summed E-state index contributed by atoms with van der Waals surface area (Å²) in [5.74, 6) is -0.319. The van der Waals surface area contributed by atoms with E-state index in [0.29, 0.717) is 12.8 Å². The number of unbranched alkanes of at least 4 members (excludes halogenated alkanes) is 5. The van der Waals surface area contributed by atoms with Gasteiger partial charge in [0, 0.05) is 12.8 Å². The van der Waals surface area contributed by atoms with Gasteiger partial charge in [0.15, 0.2) is 0 Å². The Hall–Kier alpha value is -1.58. The third kappa shape index (κ3) is 14.8. The first-order chi connectivity index (χ1) is 10.7. The van der Waals surface area contributed by atoms with Crippen LogP contribution in [-0.4, -0.2) is 11.9 Å². The molecule has 0 spiro atoms. The SMILES string of the molecule is CCC=COC(=O)CCCCCCCCC(=O)OC=CCC. The Bertz CT molecular complexity index is 311. The number of hydrogen-bond donors (Lipinski definition) is 0. The summed E-state index contributed by atoms with van der Waals surface area (Å²) in [6, 6.07) is 0. The van der Waals surface area contributed by atoms with Crippen molar-refractivity contribution >= 4 is 11.9 Å². The van der Waals surface area contributed by atoms with Crippen molar-refractivity contribution in [2.24, 2.45) is 0 Å². The first-order valence-corrected chi connectivity index (χ1v) is 8.39. The second kappa shape index (κ2) is 15.8. The molecular weight excluding hydrogens is 280 g/mol. The van der Waals surface area contributed by atoms with Gasteiger partial charge >= 0.3 is 11.9 Å². The zero-order chi connectivity index (χ0) is 16.5. The Morgan fingerprint density at radius 1 is 0.682 bits per heavy atom. The van der Waals surface area contributed by atoms with E-state index in [1.54, 1.807) is 0 Å². The lowest BCUT2D eigenvalue weighted by atomic mass is 10.1. The molecule has 0 bridgehead atoms. The Kier molecular flexibility index (Phi) is 14.7. The highest BCUT2D eigenvalue weighted by Gasteiger charge is 2.02. The van der Waals surface area contributed by atoms with Gasteiger partial charge < -0.3 is 9.47 Å². The molecule has 0 unspecified atom stereocenters. The topological polar surface area (TPSA) is 52.6 Å². The predicted octanol–water partition coefficient (Wildman–Crippen LogP) is 5.04. The van der Waals surface area contributed by atoms with Gasteiger partial charge in [0.05, 0.1) is 12.5 Å². The molecule has 126 valence electrons. The van der Waals surface area contributed by atoms with Crippen molar-refractivity contribution in [1.82, 2.24) is 0 Å². The van der Waals surface area contributed by atoms with Gasteiger partial charge in [0.25, 0.3) is 0 Å². The monoisotopic (exact) mass is 310 g/mol. The van der Waals surface area contributed by atoms with E-state index in [0.717, 1.165) is 51.4 Å². The van der Waals surface area contributed by atoms with Crippen LogP contribution in [0.25, 0.3) is 0 Å². The molecule has 0 atom stereocenters. The van der Waals surface area contributed by atoms with Crippen LogP contribution in [-0.2, 0) is 19.1 Å². The fraction of sp³-hybridized carbons (Fsp3) is 0.667. The number of ether oxygens (including phenoxy) is 2. The van der Waals surface area contributed by atoms with E-state index in [-0.39, 0.29) is 11.9 Å². The molecule has 0 aromatic heterocycles. The van der Waals surface area contributed by atoms with E-state index < -0.39 is 0 Å². The Morgan fingerprint density at radius 3 is 1.41 bits per heavy atom. The van der Waals surface area contributed by atoms with Crippen molar-refractivity contribution in [2.75, 3.05) is 0 Å². The first kappa shape index (κ1) is 20.4. The maximum Gasteiger partial charge on any atom is 0.310 e. The third-order valence-corrected chi connectivity index (χ3v) is 3.07. The van der Waals surface area contributed by atoms with Gasteiger partial charge in [0.1, 0.15) is 0 Å². The molecule has 0 N–H and O–H groups in total. The van der Waals surface area contributed by atoms with Gasteiger partial charge in [-0.2, -0.15) is 0 Å². The number of esters is 2. The first-order valence-electron chi connectivity index (χ1n) is 8.39. The Labute approximate surface area is 134 Å². The molecule has 0 aliphatic heterocycles. The van der Waals surface area contributed by atoms with E-state index >= 15 is 0 Å². The highest BCUT2D eigenvalue weighted by atomic mass is 16.5. The number of carbonyl (C=O) groups is 2. The van der Waals surface area contributed by atoms with Crippen molar-refractivity contribution in [2.45, 2.75) is 78.1 Å². The standard InChI is InChI=1S/C18H30O4/c1-3-5-15-21-17(19)13-11-9-7-8-10-12-14-18(20)22-16-6-4-2/h5-6,15-16H,3-4,7-14H2,1-2H3. The molecule has 0 amide bonds. The largest absolute Gasteiger partial charge is 0.435 e. The summed E-state index contributed by atoms with van der Waals surface area (Å²) in [6.07, 6.45) is 15.2. The van der Waals surface area contributed by atoms with E-state index in [1.165, 1.54) is 12.5 Å². The molecule has 0 aromatic carbocycles. The maximum atomic E-state index is 11.3. The molecule has 4 nitrogen and oxygen atoms in total. The molecule has 0 aromatic rings. The molecule has 0 saturated carbocycles. The van der Waals surface area contributed by atoms with E-state index in [9.17, 15) is 9.59 Å². The Balaban J connectivity index is 3.33. The minimum absolute atomic E-state index is 0.160. The highest BCUT2D eigenvalue weighted by Crippen LogP contribution is 2.09. The summed E-state index contributed by atoms with van der Waals surface area (Å²) in [5.41, 5.74) is 0. The quantitative estimate of drug-likeness (QED) is 0.272. The molecule has 22 heavy (non-hydrogen) atoms. The van der Waals surface area contributed by atoms with E-state index in [1.807, 2.05) is 26.0 Å². The maximum absolute atomic E-state index is 11.3. The summed E-state index contributed by atoms with van der Waals surface area (Å²) in [7, 11) is 0. The van der Waals surface area contributed by atoms with Gasteiger partial charge in [-0.3, -0.25) is 9.59 Å². The average molecular weight is 310 g/mol. The molecule has 0 heterocycles. The van der Waals surface area contributed by atoms with Crippen LogP contribution in [0.1, 0.15) is 78.1 Å². The fourth-order valence-electron chi connectivity index (χ4n) is 1.80. The van der Waals surface area contributed by atoms with Crippen LogP contribution in [0.2, 0.25) is 0 Å². The summed E-state index contributed by atoms with van der Waals surface area (Å²) >= 11 is 0. The molecule has 4 heteroatoms. The lowest BCUT2D eigenvalue weighted by Crippen LogP contribution is -1.99. The van der Waals surface area contributed by atoms with Crippen LogP contribution in [0.4, 0.5) is 0 Å². The zero-order valence-electron chi connectivity index (χ0n) is 14.0. The minimum atomic E-state index is -0.160. The van der Waals surface area contributed by atoms with Crippen LogP contribution in [0.3, 0.4) is 0 Å². The van der Waals surface area contributed by atoms with Crippen LogP contribution in [0, 0.1) is 0 Å². The fourth-order valence-corrected chi connectivity index (χ4v) is 1.80. The van der Waals surface area contributed by atoms with Crippen LogP contribution < -0.4 is 0 Å². The summed E-state index contributed by atoms with van der Waals surface area (Å²) in [4.78, 5) is 22.6. The minimum Gasteiger partial charge on any atom is -0.435 e. The van der Waals surface area contributed by atoms with Crippen molar-refractivity contribution in [3.63, 3.8) is 0 Å². The van der Waals surface area contributed by atoms with Gasteiger partial charge in [-0.1, -0.05) is 39.5 Å². The smallest absolute Gasteiger partial charge is 0.310 e. The van der Waals surface area contributed by atoms with Gasteiger partial charge in [-0.25, -0.2) is 0 Å². The normalized spacial score (nSPS) is 11.2. The van der Waals surface area contributed by atoms with Gasteiger partial charge in [-0.15, -0.1) is 0 Å². The molecule has 0 radical (unpaired) electrons. The van der Waals surface area contributed by atoms with Crippen LogP contribution in [0.5, 0.6) is 0 Å².